The van der Waals surface area contributed by atoms with Crippen LogP contribution in [0, 0.1) is 11.3 Å². The third-order valence-corrected chi connectivity index (χ3v) is 8.04. The molecule has 2 aliphatic heterocycles. The first-order chi connectivity index (χ1) is 17.7. The highest BCUT2D eigenvalue weighted by molar-refractivity contribution is 5.91. The molecule has 0 spiro atoms. The maximum absolute atomic E-state index is 12.3. The summed E-state index contributed by atoms with van der Waals surface area (Å²) in [6, 6.07) is 1.78. The van der Waals surface area contributed by atoms with E-state index in [1.165, 1.54) is 0 Å². The molecule has 38 heavy (non-hydrogen) atoms. The quantitative estimate of drug-likeness (QED) is 0.200. The number of phenols is 3. The lowest BCUT2D eigenvalue weighted by molar-refractivity contribution is -0.310. The summed E-state index contributed by atoms with van der Waals surface area (Å²) in [6.45, 7) is 5.79. The van der Waals surface area contributed by atoms with Crippen molar-refractivity contribution >= 4 is 11.8 Å². The second-order valence-corrected chi connectivity index (χ2v) is 11.2. The van der Waals surface area contributed by atoms with Crippen LogP contribution in [0.3, 0.4) is 0 Å². The summed E-state index contributed by atoms with van der Waals surface area (Å²) in [6.07, 6.45) is -5.67. The highest BCUT2D eigenvalue weighted by Crippen LogP contribution is 2.55. The predicted octanol–water partition coefficient (Wildman–Crippen LogP) is 0.727. The zero-order chi connectivity index (χ0) is 28.0. The van der Waals surface area contributed by atoms with Crippen LogP contribution in [0.2, 0.25) is 0 Å². The predicted molar refractivity (Wildman–Crippen MR) is 128 cm³/mol. The molecule has 6 N–H and O–H groups in total. The van der Waals surface area contributed by atoms with Crippen LogP contribution in [0.1, 0.15) is 56.8 Å². The first kappa shape index (κ1) is 28.5. The minimum absolute atomic E-state index is 0.147. The largest absolute Gasteiger partial charge is 0.504 e. The number of esters is 1. The van der Waals surface area contributed by atoms with Gasteiger partial charge >= 0.3 is 5.97 Å². The van der Waals surface area contributed by atoms with Crippen molar-refractivity contribution in [2.75, 3.05) is 13.2 Å². The second-order valence-electron chi connectivity index (χ2n) is 11.2. The average Bonchev–Trinajstić information content (AvgIpc) is 3.00. The van der Waals surface area contributed by atoms with Crippen LogP contribution in [-0.2, 0) is 23.7 Å². The van der Waals surface area contributed by atoms with Crippen molar-refractivity contribution in [3.8, 4) is 17.2 Å². The Morgan fingerprint density at radius 3 is 2.37 bits per heavy atom. The number of carbonyl (C=O) groups excluding carboxylic acids is 2. The molecule has 1 aromatic rings. The van der Waals surface area contributed by atoms with Crippen molar-refractivity contribution in [1.29, 1.82) is 0 Å². The standard InChI is InChI=1S/C26H36O12/c1-12(4-5-18-25(2)8-14(27)9-26(18,3)36-11-25)37-24-22(33)21(32)20(31)17(38-24)10-35-23(34)13-6-15(28)19(30)16(29)7-13/h6-7,12,17-18,20-22,24,28-33H,4-5,8-11H2,1-3H3/t12-,17-,18-,20-,21+,22-,24-,25+,26+/m1/s1. The van der Waals surface area contributed by atoms with Crippen molar-refractivity contribution in [2.24, 2.45) is 11.3 Å². The summed E-state index contributed by atoms with van der Waals surface area (Å²) in [5.41, 5.74) is -1.04. The van der Waals surface area contributed by atoms with Crippen LogP contribution in [0.4, 0.5) is 0 Å². The van der Waals surface area contributed by atoms with E-state index in [2.05, 4.69) is 6.92 Å². The van der Waals surface area contributed by atoms with Gasteiger partial charge in [-0.05, 0) is 44.7 Å². The number of hydrogen-bond donors (Lipinski definition) is 6. The fourth-order valence-electron chi connectivity index (χ4n) is 6.00. The Kier molecular flexibility index (Phi) is 7.95. The first-order valence-corrected chi connectivity index (χ1v) is 12.7. The molecule has 4 rings (SSSR count). The molecule has 1 aliphatic carbocycles. The van der Waals surface area contributed by atoms with E-state index in [1.807, 2.05) is 6.92 Å². The normalized spacial score (nSPS) is 37.7. The van der Waals surface area contributed by atoms with Crippen LogP contribution >= 0.6 is 0 Å². The molecular formula is C26H36O12. The van der Waals surface area contributed by atoms with Crippen molar-refractivity contribution in [3.63, 3.8) is 0 Å². The number of fused-ring (bicyclic) bond motifs is 2. The number of aliphatic hydroxyl groups is 3. The third kappa shape index (κ3) is 5.47. The lowest BCUT2D eigenvalue weighted by atomic mass is 9.61. The van der Waals surface area contributed by atoms with Gasteiger partial charge in [0.05, 0.1) is 23.9 Å². The number of phenolic OH excluding ortho intramolecular Hbond substituents is 3. The van der Waals surface area contributed by atoms with E-state index in [1.54, 1.807) is 6.92 Å². The van der Waals surface area contributed by atoms with Gasteiger partial charge in [0.2, 0.25) is 0 Å². The molecule has 0 radical (unpaired) electrons. The highest BCUT2D eigenvalue weighted by Gasteiger charge is 2.58. The zero-order valence-electron chi connectivity index (χ0n) is 21.6. The molecular weight excluding hydrogens is 504 g/mol. The van der Waals surface area contributed by atoms with E-state index in [-0.39, 0.29) is 22.7 Å². The summed E-state index contributed by atoms with van der Waals surface area (Å²) < 4.78 is 22.6. The van der Waals surface area contributed by atoms with Gasteiger partial charge in [-0.1, -0.05) is 6.92 Å². The first-order valence-electron chi connectivity index (χ1n) is 12.7. The second kappa shape index (κ2) is 10.6. The summed E-state index contributed by atoms with van der Waals surface area (Å²) in [7, 11) is 0. The van der Waals surface area contributed by atoms with Crippen LogP contribution in [0.25, 0.3) is 0 Å². The van der Waals surface area contributed by atoms with Gasteiger partial charge < -0.3 is 49.6 Å². The Morgan fingerprint density at radius 1 is 1.08 bits per heavy atom. The molecule has 1 aromatic carbocycles. The molecule has 212 valence electrons. The number of benzene rings is 1. The number of ether oxygens (including phenoxy) is 4. The van der Waals surface area contributed by atoms with Crippen molar-refractivity contribution in [3.05, 3.63) is 17.7 Å². The Hall–Kier alpha value is -2.48. The average molecular weight is 541 g/mol. The molecule has 2 bridgehead atoms. The smallest absolute Gasteiger partial charge is 0.338 e. The Bertz CT molecular complexity index is 1020. The molecule has 3 fully saturated rings. The van der Waals surface area contributed by atoms with Crippen molar-refractivity contribution in [1.82, 2.24) is 0 Å². The molecule has 0 amide bonds. The molecule has 0 unspecified atom stereocenters. The van der Waals surface area contributed by atoms with Gasteiger partial charge in [0.25, 0.3) is 0 Å². The minimum Gasteiger partial charge on any atom is -0.504 e. The number of aliphatic hydroxyl groups excluding tert-OH is 3. The Morgan fingerprint density at radius 2 is 1.74 bits per heavy atom. The topological polar surface area (TPSA) is 192 Å². The fourth-order valence-corrected chi connectivity index (χ4v) is 6.00. The molecule has 0 aromatic heterocycles. The number of carbonyl (C=O) groups is 2. The van der Waals surface area contributed by atoms with Gasteiger partial charge in [-0.3, -0.25) is 4.79 Å². The van der Waals surface area contributed by atoms with Crippen molar-refractivity contribution in [2.45, 2.75) is 88.9 Å². The third-order valence-electron chi connectivity index (χ3n) is 8.04. The Labute approximate surface area is 219 Å². The van der Waals surface area contributed by atoms with E-state index in [4.69, 9.17) is 18.9 Å². The van der Waals surface area contributed by atoms with Gasteiger partial charge in [0, 0.05) is 18.3 Å². The monoisotopic (exact) mass is 540 g/mol. The molecule has 12 nitrogen and oxygen atoms in total. The summed E-state index contributed by atoms with van der Waals surface area (Å²) in [5.74, 6) is -2.90. The van der Waals surface area contributed by atoms with E-state index >= 15 is 0 Å². The summed E-state index contributed by atoms with van der Waals surface area (Å²) in [4.78, 5) is 24.5. The van der Waals surface area contributed by atoms with Crippen LogP contribution in [-0.4, -0.2) is 98.0 Å². The SMILES string of the molecule is C[C@H](CC[C@@H]1[C@]2(C)CO[C@@]1(C)CC(=O)C2)O[C@@H]1O[C@H](COC(=O)c2cc(O)c(O)c(O)c2)[C@@H](O)[C@H](O)[C@H]1O. The van der Waals surface area contributed by atoms with Gasteiger partial charge in [-0.15, -0.1) is 0 Å². The molecule has 3 aliphatic rings. The van der Waals surface area contributed by atoms with E-state index < -0.39 is 72.2 Å². The number of ketones is 1. The van der Waals surface area contributed by atoms with Crippen LogP contribution in [0.15, 0.2) is 12.1 Å². The number of aromatic hydroxyl groups is 3. The minimum atomic E-state index is -1.64. The maximum atomic E-state index is 12.3. The van der Waals surface area contributed by atoms with Crippen molar-refractivity contribution < 1.29 is 59.2 Å². The summed E-state index contributed by atoms with van der Waals surface area (Å²) in [5, 5.41) is 59.7. The number of rotatable bonds is 8. The fraction of sp³-hybridized carbons (Fsp3) is 0.692. The lowest BCUT2D eigenvalue weighted by Gasteiger charge is -2.42. The molecule has 1 saturated carbocycles. The zero-order valence-corrected chi connectivity index (χ0v) is 21.6. The van der Waals surface area contributed by atoms with Gasteiger partial charge in [0.15, 0.2) is 23.5 Å². The molecule has 2 saturated heterocycles. The van der Waals surface area contributed by atoms with Crippen LogP contribution in [0.5, 0.6) is 17.2 Å². The van der Waals surface area contributed by atoms with E-state index in [9.17, 15) is 40.2 Å². The maximum Gasteiger partial charge on any atom is 0.338 e. The molecule has 12 heteroatoms. The highest BCUT2D eigenvalue weighted by atomic mass is 16.7. The number of Topliss-reactive ketones (excluding diaryl/α,β-unsaturated/α-hetero) is 1. The van der Waals surface area contributed by atoms with Crippen LogP contribution < -0.4 is 0 Å². The van der Waals surface area contributed by atoms with Gasteiger partial charge in [-0.25, -0.2) is 4.79 Å². The summed E-state index contributed by atoms with van der Waals surface area (Å²) >= 11 is 0. The number of hydrogen-bond acceptors (Lipinski definition) is 12. The van der Waals surface area contributed by atoms with Gasteiger partial charge in [-0.2, -0.15) is 0 Å². The Balaban J connectivity index is 1.34. The lowest BCUT2D eigenvalue weighted by Crippen LogP contribution is -2.59. The van der Waals surface area contributed by atoms with E-state index in [0.717, 1.165) is 12.1 Å². The molecule has 9 atom stereocenters. The van der Waals surface area contributed by atoms with E-state index in [0.29, 0.717) is 32.3 Å². The molecule has 2 heterocycles. The van der Waals surface area contributed by atoms with Gasteiger partial charge in [0.1, 0.15) is 36.8 Å².